The molecule has 2 aliphatic heterocycles. The monoisotopic (exact) mass is 658 g/mol. The molecule has 2 heterocycles. The Morgan fingerprint density at radius 2 is 1.58 bits per heavy atom. The van der Waals surface area contributed by atoms with Crippen molar-refractivity contribution in [3.8, 4) is 0 Å². The molecule has 226 valence electrons. The van der Waals surface area contributed by atoms with Crippen LogP contribution in [-0.4, -0.2) is 65.3 Å². The van der Waals surface area contributed by atoms with E-state index < -0.39 is 11.9 Å². The highest BCUT2D eigenvalue weighted by molar-refractivity contribution is 8.00. The molecular weight excluding hydrogens is 627 g/mol. The van der Waals surface area contributed by atoms with Gasteiger partial charge in [-0.3, -0.25) is 4.79 Å². The van der Waals surface area contributed by atoms with Gasteiger partial charge in [0.25, 0.3) is 0 Å². The van der Waals surface area contributed by atoms with Crippen LogP contribution in [0.25, 0.3) is 0 Å². The van der Waals surface area contributed by atoms with E-state index in [1.54, 1.807) is 30.0 Å². The maximum atomic E-state index is 13.0. The first-order chi connectivity index (χ1) is 20.7. The maximum absolute atomic E-state index is 13.0. The van der Waals surface area contributed by atoms with E-state index in [-0.39, 0.29) is 11.7 Å². The highest BCUT2D eigenvalue weighted by atomic mass is 35.5. The van der Waals surface area contributed by atoms with E-state index in [0.717, 1.165) is 45.4 Å². The molecule has 1 fully saturated rings. The van der Waals surface area contributed by atoms with Gasteiger partial charge < -0.3 is 20.0 Å². The summed E-state index contributed by atoms with van der Waals surface area (Å²) in [4.78, 5) is 41.0. The third-order valence-electron chi connectivity index (χ3n) is 7.21. The second-order valence-electron chi connectivity index (χ2n) is 10.0. The average Bonchev–Trinajstić information content (AvgIpc) is 3.00. The summed E-state index contributed by atoms with van der Waals surface area (Å²) < 4.78 is 0. The fourth-order valence-corrected chi connectivity index (χ4v) is 7.11. The minimum absolute atomic E-state index is 0.0350. The molecule has 2 aliphatic rings. The van der Waals surface area contributed by atoms with Crippen LogP contribution >= 0.6 is 46.7 Å². The van der Waals surface area contributed by atoms with Gasteiger partial charge >= 0.3 is 11.9 Å². The Labute approximate surface area is 269 Å². The number of aliphatic carboxylic acids is 2. The van der Waals surface area contributed by atoms with E-state index in [0.29, 0.717) is 27.8 Å². The van der Waals surface area contributed by atoms with Crippen molar-refractivity contribution in [3.05, 3.63) is 88.4 Å². The molecule has 0 aromatic heterocycles. The number of piperidine rings is 1. The molecule has 3 aromatic rings. The third-order valence-corrected chi connectivity index (χ3v) is 9.62. The summed E-state index contributed by atoms with van der Waals surface area (Å²) >= 11 is 15.9. The van der Waals surface area contributed by atoms with Crippen molar-refractivity contribution in [1.29, 1.82) is 0 Å². The number of carbonyl (C=O) groups excluding carboxylic acids is 1. The molecule has 0 atom stereocenters. The molecule has 0 bridgehead atoms. The van der Waals surface area contributed by atoms with Crippen LogP contribution in [0.2, 0.25) is 10.0 Å². The summed E-state index contributed by atoms with van der Waals surface area (Å²) in [7, 11) is 0. The number of ketones is 1. The number of benzene rings is 3. The molecule has 43 heavy (non-hydrogen) atoms. The number of rotatable bonds is 9. The van der Waals surface area contributed by atoms with Crippen molar-refractivity contribution in [1.82, 2.24) is 4.90 Å². The van der Waals surface area contributed by atoms with Gasteiger partial charge in [0.2, 0.25) is 0 Å². The molecule has 2 N–H and O–H groups in total. The van der Waals surface area contributed by atoms with Crippen molar-refractivity contribution in [2.24, 2.45) is 5.92 Å². The summed E-state index contributed by atoms with van der Waals surface area (Å²) in [6.45, 7) is 3.90. The first-order valence-electron chi connectivity index (χ1n) is 13.7. The van der Waals surface area contributed by atoms with Gasteiger partial charge in [-0.25, -0.2) is 9.59 Å². The van der Waals surface area contributed by atoms with Crippen molar-refractivity contribution < 1.29 is 24.6 Å². The molecule has 3 aromatic carbocycles. The lowest BCUT2D eigenvalue weighted by Crippen LogP contribution is -2.38. The molecule has 0 spiro atoms. The van der Waals surface area contributed by atoms with Gasteiger partial charge in [-0.2, -0.15) is 0 Å². The number of hydrogen-bond acceptors (Lipinski definition) is 7. The number of thioether (sulfide) groups is 1. The molecule has 0 amide bonds. The number of carbonyl (C=O) groups is 3. The molecule has 0 aliphatic carbocycles. The number of hydrogen-bond donors (Lipinski definition) is 2. The lowest BCUT2D eigenvalue weighted by molar-refractivity contribution is -0.134. The topological polar surface area (TPSA) is 98.2 Å². The molecule has 11 heteroatoms. The number of anilines is 2. The Morgan fingerprint density at radius 3 is 2.23 bits per heavy atom. The highest BCUT2D eigenvalue weighted by Gasteiger charge is 2.28. The van der Waals surface area contributed by atoms with Crippen LogP contribution in [0.15, 0.2) is 87.5 Å². The molecule has 0 saturated carbocycles. The van der Waals surface area contributed by atoms with E-state index in [1.165, 1.54) is 26.1 Å². The highest BCUT2D eigenvalue weighted by Crippen LogP contribution is 2.48. The summed E-state index contributed by atoms with van der Waals surface area (Å²) in [6.07, 6.45) is 6.07. The van der Waals surface area contributed by atoms with Gasteiger partial charge in [0.05, 0.1) is 16.4 Å². The fraction of sp³-hybridized carbons (Fsp3) is 0.281. The van der Waals surface area contributed by atoms with E-state index >= 15 is 0 Å². The largest absolute Gasteiger partial charge is 0.478 e. The second-order valence-corrected chi connectivity index (χ2v) is 12.8. The number of likely N-dealkylation sites (tertiary alicyclic amines) is 1. The number of carboxylic acid groups (broad SMARTS) is 2. The number of nitrogens with zero attached hydrogens (tertiary/aromatic N) is 2. The Kier molecular flexibility index (Phi) is 12.0. The number of halogens is 2. The molecular formula is C32H32Cl2N2O5S2. The van der Waals surface area contributed by atoms with Gasteiger partial charge in [0.15, 0.2) is 5.78 Å². The van der Waals surface area contributed by atoms with Crippen LogP contribution in [0, 0.1) is 5.92 Å². The number of fused-ring (bicyclic) bond motifs is 2. The standard InChI is InChI=1S/C28H28Cl2N2OS2.C4H4O4/c1-34-21-8-10-27-25(18-21)32(24-5-2-3-6-26(24)35-27)14-4-13-31-15-11-19(12-16-31)28(33)22-9-7-20(29)17-23(22)30;5-3(6)1-2-4(7)8/h2-3,5-10,17-19H,4,11-16H2,1H3;1-2H,(H,5,6)(H,7,8). The van der Waals surface area contributed by atoms with Crippen LogP contribution in [0.1, 0.15) is 29.6 Å². The Bertz CT molecular complexity index is 1490. The second kappa shape index (κ2) is 15.7. The quantitative estimate of drug-likeness (QED) is 0.134. The Hall–Kier alpha value is -2.95. The zero-order valence-electron chi connectivity index (χ0n) is 23.5. The average molecular weight is 660 g/mol. The van der Waals surface area contributed by atoms with Crippen molar-refractivity contribution in [3.63, 3.8) is 0 Å². The molecule has 5 rings (SSSR count). The number of carboxylic acids is 2. The van der Waals surface area contributed by atoms with Crippen molar-refractivity contribution in [2.75, 3.05) is 37.3 Å². The first kappa shape index (κ1) is 33.0. The predicted octanol–water partition coefficient (Wildman–Crippen LogP) is 8.01. The minimum atomic E-state index is -1.26. The molecule has 7 nitrogen and oxygen atoms in total. The summed E-state index contributed by atoms with van der Waals surface area (Å²) in [5.74, 6) is -2.33. The van der Waals surface area contributed by atoms with Gasteiger partial charge in [0, 0.05) is 49.9 Å². The molecule has 0 radical (unpaired) electrons. The maximum Gasteiger partial charge on any atom is 0.328 e. The summed E-state index contributed by atoms with van der Waals surface area (Å²) in [5.41, 5.74) is 3.21. The van der Waals surface area contributed by atoms with Crippen LogP contribution in [0.3, 0.4) is 0 Å². The van der Waals surface area contributed by atoms with Crippen LogP contribution in [0.4, 0.5) is 11.4 Å². The first-order valence-corrected chi connectivity index (χ1v) is 16.5. The fourth-order valence-electron chi connectivity index (χ4n) is 5.10. The normalized spacial score (nSPS) is 14.9. The zero-order valence-corrected chi connectivity index (χ0v) is 26.7. The van der Waals surface area contributed by atoms with Gasteiger partial charge in [-0.1, -0.05) is 47.1 Å². The third kappa shape index (κ3) is 9.03. The Balaban J connectivity index is 0.000000467. The predicted molar refractivity (Wildman–Crippen MR) is 175 cm³/mol. The minimum Gasteiger partial charge on any atom is -0.478 e. The lowest BCUT2D eigenvalue weighted by atomic mass is 9.89. The van der Waals surface area contributed by atoms with Crippen LogP contribution in [0.5, 0.6) is 0 Å². The Morgan fingerprint density at radius 1 is 0.907 bits per heavy atom. The number of Topliss-reactive ketones (excluding diaryl/α,β-unsaturated/α-hetero) is 1. The van der Waals surface area contributed by atoms with Crippen LogP contribution in [-0.2, 0) is 9.59 Å². The summed E-state index contributed by atoms with van der Waals surface area (Å²) in [6, 6.07) is 20.6. The van der Waals surface area contributed by atoms with Crippen molar-refractivity contribution >= 4 is 75.8 Å². The molecule has 0 unspecified atom stereocenters. The van der Waals surface area contributed by atoms with Gasteiger partial charge in [-0.15, -0.1) is 11.8 Å². The zero-order chi connectivity index (χ0) is 30.9. The smallest absolute Gasteiger partial charge is 0.328 e. The van der Waals surface area contributed by atoms with E-state index in [1.807, 2.05) is 11.8 Å². The van der Waals surface area contributed by atoms with Gasteiger partial charge in [0.1, 0.15) is 0 Å². The van der Waals surface area contributed by atoms with Crippen molar-refractivity contribution in [2.45, 2.75) is 33.9 Å². The van der Waals surface area contributed by atoms with E-state index in [9.17, 15) is 14.4 Å². The van der Waals surface area contributed by atoms with E-state index in [4.69, 9.17) is 33.4 Å². The van der Waals surface area contributed by atoms with E-state index in [2.05, 4.69) is 58.5 Å². The van der Waals surface area contributed by atoms with Gasteiger partial charge in [-0.05, 0) is 93.7 Å². The number of para-hydroxylation sites is 1. The lowest BCUT2D eigenvalue weighted by Gasteiger charge is -2.35. The molecule has 1 saturated heterocycles. The summed E-state index contributed by atoms with van der Waals surface area (Å²) in [5, 5.41) is 16.6. The van der Waals surface area contributed by atoms with Crippen LogP contribution < -0.4 is 4.90 Å². The SMILES string of the molecule is CSc1ccc2c(c1)N(CCCN1CCC(C(=O)c3ccc(Cl)cc3Cl)CC1)c1ccccc1S2.O=C(O)C=CC(=O)O.